The SMILES string of the molecule is CCCCC#CC=CC#Cc1ccccc1C(C)=O. The third kappa shape index (κ3) is 5.75. The average Bonchev–Trinajstić information content (AvgIpc) is 2.42. The Bertz CT molecular complexity index is 571. The predicted molar refractivity (Wildman–Crippen MR) is 79.8 cm³/mol. The molecule has 0 saturated carbocycles. The van der Waals surface area contributed by atoms with E-state index < -0.39 is 0 Å². The van der Waals surface area contributed by atoms with Gasteiger partial charge in [0.05, 0.1) is 0 Å². The first-order valence-corrected chi connectivity index (χ1v) is 6.50. The summed E-state index contributed by atoms with van der Waals surface area (Å²) in [6.07, 6.45) is 6.70. The van der Waals surface area contributed by atoms with Crippen molar-refractivity contribution in [1.29, 1.82) is 0 Å². The van der Waals surface area contributed by atoms with Crippen molar-refractivity contribution < 1.29 is 4.79 Å². The molecule has 0 N–H and O–H groups in total. The highest BCUT2D eigenvalue weighted by atomic mass is 16.1. The lowest BCUT2D eigenvalue weighted by Gasteiger charge is -1.97. The molecule has 1 aromatic rings. The molecule has 19 heavy (non-hydrogen) atoms. The molecule has 0 aliphatic heterocycles. The number of rotatable bonds is 3. The molecule has 1 heteroatoms. The van der Waals surface area contributed by atoms with Gasteiger partial charge in [-0.05, 0) is 31.6 Å². The maximum absolute atomic E-state index is 11.4. The average molecular weight is 250 g/mol. The fourth-order valence-electron chi connectivity index (χ4n) is 1.50. The van der Waals surface area contributed by atoms with Crippen molar-refractivity contribution in [3.63, 3.8) is 0 Å². The quantitative estimate of drug-likeness (QED) is 0.450. The lowest BCUT2D eigenvalue weighted by molar-refractivity contribution is 0.101. The maximum atomic E-state index is 11.4. The number of unbranched alkanes of at least 4 members (excludes halogenated alkanes) is 2. The van der Waals surface area contributed by atoms with Crippen molar-refractivity contribution in [3.8, 4) is 23.7 Å². The van der Waals surface area contributed by atoms with E-state index >= 15 is 0 Å². The number of benzene rings is 1. The number of carbonyl (C=O) groups excluding carboxylic acids is 1. The highest BCUT2D eigenvalue weighted by Gasteiger charge is 2.02. The zero-order valence-electron chi connectivity index (χ0n) is 11.5. The Balaban J connectivity index is 2.65. The third-order valence-electron chi connectivity index (χ3n) is 2.52. The van der Waals surface area contributed by atoms with Gasteiger partial charge in [-0.25, -0.2) is 0 Å². The van der Waals surface area contributed by atoms with Gasteiger partial charge in [-0.2, -0.15) is 0 Å². The molecule has 0 spiro atoms. The van der Waals surface area contributed by atoms with E-state index in [4.69, 9.17) is 0 Å². The molecule has 96 valence electrons. The topological polar surface area (TPSA) is 17.1 Å². The standard InChI is InChI=1S/C18H18O/c1-3-4-5-6-7-8-9-10-13-17-14-11-12-15-18(17)16(2)19/h8-9,11-12,14-15H,3-5H2,1-2H3. The van der Waals surface area contributed by atoms with E-state index in [2.05, 4.69) is 30.6 Å². The van der Waals surface area contributed by atoms with Crippen LogP contribution in [0.4, 0.5) is 0 Å². The highest BCUT2D eigenvalue weighted by molar-refractivity contribution is 5.96. The first kappa shape index (κ1) is 14.8. The fourth-order valence-corrected chi connectivity index (χ4v) is 1.50. The second-order valence-corrected chi connectivity index (χ2v) is 4.13. The molecule has 1 aromatic carbocycles. The van der Waals surface area contributed by atoms with Crippen LogP contribution in [0.5, 0.6) is 0 Å². The van der Waals surface area contributed by atoms with Gasteiger partial charge >= 0.3 is 0 Å². The summed E-state index contributed by atoms with van der Waals surface area (Å²) in [5.74, 6) is 11.9. The van der Waals surface area contributed by atoms with Gasteiger partial charge in [0.2, 0.25) is 0 Å². The Morgan fingerprint density at radius 2 is 1.95 bits per heavy atom. The van der Waals surface area contributed by atoms with Crippen molar-refractivity contribution in [2.75, 3.05) is 0 Å². The predicted octanol–water partition coefficient (Wildman–Crippen LogP) is 3.99. The minimum atomic E-state index is 0.0354. The van der Waals surface area contributed by atoms with Crippen LogP contribution in [0.15, 0.2) is 36.4 Å². The number of ketones is 1. The van der Waals surface area contributed by atoms with Crippen molar-refractivity contribution >= 4 is 5.78 Å². The summed E-state index contributed by atoms with van der Waals surface area (Å²) in [6, 6.07) is 7.37. The molecule has 0 fully saturated rings. The zero-order chi connectivity index (χ0) is 13.9. The van der Waals surface area contributed by atoms with Gasteiger partial charge in [-0.15, -0.1) is 0 Å². The van der Waals surface area contributed by atoms with Crippen LogP contribution in [-0.4, -0.2) is 5.78 Å². The summed E-state index contributed by atoms with van der Waals surface area (Å²) in [4.78, 5) is 11.4. The van der Waals surface area contributed by atoms with Crippen molar-refractivity contribution in [1.82, 2.24) is 0 Å². The number of hydrogen-bond acceptors (Lipinski definition) is 1. The molecule has 0 atom stereocenters. The Morgan fingerprint density at radius 3 is 2.68 bits per heavy atom. The van der Waals surface area contributed by atoms with E-state index in [1.165, 1.54) is 6.42 Å². The number of hydrogen-bond donors (Lipinski definition) is 0. The molecule has 1 nitrogen and oxygen atoms in total. The maximum Gasteiger partial charge on any atom is 0.161 e. The first-order valence-electron chi connectivity index (χ1n) is 6.50. The van der Waals surface area contributed by atoms with Crippen LogP contribution in [-0.2, 0) is 0 Å². The number of Topliss-reactive ketones (excluding diaryl/α,β-unsaturated/α-hetero) is 1. The lowest BCUT2D eigenvalue weighted by Crippen LogP contribution is -1.95. The van der Waals surface area contributed by atoms with Gasteiger partial charge in [0.15, 0.2) is 5.78 Å². The molecule has 0 amide bonds. The van der Waals surface area contributed by atoms with E-state index in [-0.39, 0.29) is 5.78 Å². The highest BCUT2D eigenvalue weighted by Crippen LogP contribution is 2.07. The van der Waals surface area contributed by atoms with Gasteiger partial charge in [0, 0.05) is 17.5 Å². The Labute approximate surface area is 115 Å². The van der Waals surface area contributed by atoms with Gasteiger partial charge in [0.1, 0.15) is 0 Å². The summed E-state index contributed by atoms with van der Waals surface area (Å²) >= 11 is 0. The molecule has 0 unspecified atom stereocenters. The van der Waals surface area contributed by atoms with Gasteiger partial charge in [-0.1, -0.05) is 55.2 Å². The summed E-state index contributed by atoms with van der Waals surface area (Å²) in [5.41, 5.74) is 1.43. The second kappa shape index (κ2) is 8.78. The molecule has 1 rings (SSSR count). The van der Waals surface area contributed by atoms with E-state index in [0.29, 0.717) is 5.56 Å². The minimum absolute atomic E-state index is 0.0354. The summed E-state index contributed by atoms with van der Waals surface area (Å²) in [6.45, 7) is 3.70. The van der Waals surface area contributed by atoms with Crippen LogP contribution in [0, 0.1) is 23.7 Å². The van der Waals surface area contributed by atoms with Gasteiger partial charge in [0.25, 0.3) is 0 Å². The first-order chi connectivity index (χ1) is 9.25. The molecule has 0 aromatic heterocycles. The number of allylic oxidation sites excluding steroid dienone is 2. The van der Waals surface area contributed by atoms with Gasteiger partial charge < -0.3 is 0 Å². The molecular formula is C18H18O. The summed E-state index contributed by atoms with van der Waals surface area (Å²) < 4.78 is 0. The Morgan fingerprint density at radius 1 is 1.21 bits per heavy atom. The largest absolute Gasteiger partial charge is 0.294 e. The van der Waals surface area contributed by atoms with Crippen LogP contribution in [0.3, 0.4) is 0 Å². The number of carbonyl (C=O) groups is 1. The fraction of sp³-hybridized carbons (Fsp3) is 0.278. The molecule has 0 bridgehead atoms. The minimum Gasteiger partial charge on any atom is -0.294 e. The van der Waals surface area contributed by atoms with E-state index in [1.807, 2.05) is 18.2 Å². The second-order valence-electron chi connectivity index (χ2n) is 4.13. The zero-order valence-corrected chi connectivity index (χ0v) is 11.5. The monoisotopic (exact) mass is 250 g/mol. The van der Waals surface area contributed by atoms with Crippen LogP contribution < -0.4 is 0 Å². The summed E-state index contributed by atoms with van der Waals surface area (Å²) in [5, 5.41) is 0. The molecule has 0 radical (unpaired) electrons. The van der Waals surface area contributed by atoms with Gasteiger partial charge in [-0.3, -0.25) is 4.79 Å². The van der Waals surface area contributed by atoms with Crippen LogP contribution in [0.25, 0.3) is 0 Å². The normalized spacial score (nSPS) is 9.37. The third-order valence-corrected chi connectivity index (χ3v) is 2.52. The molecule has 0 saturated heterocycles. The molecule has 0 aliphatic carbocycles. The lowest BCUT2D eigenvalue weighted by atomic mass is 10.1. The van der Waals surface area contributed by atoms with E-state index in [0.717, 1.165) is 18.4 Å². The summed E-state index contributed by atoms with van der Waals surface area (Å²) in [7, 11) is 0. The Hall–Kier alpha value is -2.25. The van der Waals surface area contributed by atoms with Crippen LogP contribution in [0.2, 0.25) is 0 Å². The van der Waals surface area contributed by atoms with Crippen molar-refractivity contribution in [2.45, 2.75) is 33.1 Å². The van der Waals surface area contributed by atoms with Crippen molar-refractivity contribution in [2.24, 2.45) is 0 Å². The van der Waals surface area contributed by atoms with E-state index in [9.17, 15) is 4.79 Å². The van der Waals surface area contributed by atoms with Crippen LogP contribution in [0.1, 0.15) is 49.0 Å². The van der Waals surface area contributed by atoms with Crippen LogP contribution >= 0.6 is 0 Å². The van der Waals surface area contributed by atoms with Crippen molar-refractivity contribution in [3.05, 3.63) is 47.5 Å². The Kier molecular flexibility index (Phi) is 6.85. The van der Waals surface area contributed by atoms with E-state index in [1.54, 1.807) is 25.1 Å². The molecule has 0 aliphatic rings. The smallest absolute Gasteiger partial charge is 0.161 e. The molecular weight excluding hydrogens is 232 g/mol. The molecule has 0 heterocycles.